The van der Waals surface area contributed by atoms with Gasteiger partial charge in [0, 0.05) is 16.5 Å². The van der Waals surface area contributed by atoms with Crippen LogP contribution >= 0.6 is 11.6 Å². The van der Waals surface area contributed by atoms with Crippen molar-refractivity contribution in [1.82, 2.24) is 4.98 Å². The summed E-state index contributed by atoms with van der Waals surface area (Å²) in [5.41, 5.74) is 1.88. The minimum absolute atomic E-state index is 0.516. The standard InChI is InChI=1S/C18H22ClNSi/c1-4-5-8-17(15-10-12-16(19)13-11-15)21(2,3)18-9-6-7-14-20-18/h4,6-7,9-14,17H,1,5,8H2,2-3H3. The van der Waals surface area contributed by atoms with E-state index in [4.69, 9.17) is 11.6 Å². The van der Waals surface area contributed by atoms with E-state index in [9.17, 15) is 0 Å². The molecule has 1 aromatic heterocycles. The Hall–Kier alpha value is -1.38. The average Bonchev–Trinajstić information content (AvgIpc) is 2.50. The Labute approximate surface area is 133 Å². The Balaban J connectivity index is 2.39. The quantitative estimate of drug-likeness (QED) is 0.543. The van der Waals surface area contributed by atoms with Crippen LogP contribution < -0.4 is 5.32 Å². The zero-order valence-corrected chi connectivity index (χ0v) is 14.5. The molecule has 0 fully saturated rings. The van der Waals surface area contributed by atoms with Crippen molar-refractivity contribution in [3.63, 3.8) is 0 Å². The number of halogens is 1. The second-order valence-electron chi connectivity index (χ2n) is 5.91. The molecule has 1 atom stereocenters. The van der Waals surface area contributed by atoms with Crippen LogP contribution in [0.2, 0.25) is 18.1 Å². The molecule has 0 bridgehead atoms. The number of pyridine rings is 1. The number of benzene rings is 1. The third-order valence-corrected chi connectivity index (χ3v) is 8.36. The van der Waals surface area contributed by atoms with Crippen molar-refractivity contribution in [2.45, 2.75) is 31.5 Å². The topological polar surface area (TPSA) is 12.9 Å². The van der Waals surface area contributed by atoms with Crippen LogP contribution in [-0.2, 0) is 0 Å². The van der Waals surface area contributed by atoms with Gasteiger partial charge in [-0.1, -0.05) is 49.0 Å². The van der Waals surface area contributed by atoms with Crippen molar-refractivity contribution in [3.05, 3.63) is 71.9 Å². The number of hydrogen-bond acceptors (Lipinski definition) is 1. The Kier molecular flexibility index (Phi) is 5.37. The molecule has 0 aliphatic rings. The molecule has 110 valence electrons. The zero-order valence-electron chi connectivity index (χ0n) is 12.7. The molecule has 0 spiro atoms. The lowest BCUT2D eigenvalue weighted by molar-refractivity contribution is 0.787. The summed E-state index contributed by atoms with van der Waals surface area (Å²) in [6, 6.07) is 14.5. The molecule has 0 saturated carbocycles. The summed E-state index contributed by atoms with van der Waals surface area (Å²) in [7, 11) is -1.71. The van der Waals surface area contributed by atoms with Gasteiger partial charge < -0.3 is 0 Å². The van der Waals surface area contributed by atoms with Crippen LogP contribution in [0.4, 0.5) is 0 Å². The van der Waals surface area contributed by atoms with Gasteiger partial charge in [-0.25, -0.2) is 0 Å². The molecule has 0 radical (unpaired) electrons. The van der Waals surface area contributed by atoms with Crippen molar-refractivity contribution in [3.8, 4) is 0 Å². The van der Waals surface area contributed by atoms with E-state index in [2.05, 4.69) is 48.9 Å². The predicted molar refractivity (Wildman–Crippen MR) is 95.0 cm³/mol. The second kappa shape index (κ2) is 7.06. The monoisotopic (exact) mass is 315 g/mol. The van der Waals surface area contributed by atoms with Crippen LogP contribution in [0, 0.1) is 0 Å². The molecule has 2 aromatic rings. The van der Waals surface area contributed by atoms with Gasteiger partial charge in [0.25, 0.3) is 0 Å². The van der Waals surface area contributed by atoms with Gasteiger partial charge in [0.05, 0.1) is 0 Å². The maximum atomic E-state index is 6.03. The van der Waals surface area contributed by atoms with E-state index in [-0.39, 0.29) is 0 Å². The number of aromatic nitrogens is 1. The summed E-state index contributed by atoms with van der Waals surface area (Å²) < 4.78 is 0. The summed E-state index contributed by atoms with van der Waals surface area (Å²) in [5, 5.41) is 2.05. The molecule has 0 amide bonds. The van der Waals surface area contributed by atoms with Gasteiger partial charge in [-0.15, -0.1) is 6.58 Å². The Morgan fingerprint density at radius 2 is 1.90 bits per heavy atom. The second-order valence-corrected chi connectivity index (χ2v) is 11.0. The summed E-state index contributed by atoms with van der Waals surface area (Å²) in [5.74, 6) is 0. The maximum absolute atomic E-state index is 6.03. The molecule has 21 heavy (non-hydrogen) atoms. The molecule has 0 saturated heterocycles. The van der Waals surface area contributed by atoms with Crippen molar-refractivity contribution in [2.75, 3.05) is 0 Å². The van der Waals surface area contributed by atoms with Gasteiger partial charge in [-0.05, 0) is 48.2 Å². The largest absolute Gasteiger partial charge is 0.266 e. The lowest BCUT2D eigenvalue weighted by atomic mass is 10.1. The normalized spacial score (nSPS) is 12.9. The van der Waals surface area contributed by atoms with Gasteiger partial charge in [-0.3, -0.25) is 4.98 Å². The van der Waals surface area contributed by atoms with E-state index in [1.54, 1.807) is 0 Å². The highest BCUT2D eigenvalue weighted by Gasteiger charge is 2.35. The number of allylic oxidation sites excluding steroid dienone is 1. The number of rotatable bonds is 6. The first kappa shape index (κ1) is 16.0. The highest BCUT2D eigenvalue weighted by molar-refractivity contribution is 6.90. The Bertz CT molecular complexity index is 578. The van der Waals surface area contributed by atoms with Crippen LogP contribution in [0.5, 0.6) is 0 Å². The summed E-state index contributed by atoms with van der Waals surface area (Å²) >= 11 is 6.03. The summed E-state index contributed by atoms with van der Waals surface area (Å²) in [6.07, 6.45) is 6.04. The first-order chi connectivity index (χ1) is 10.1. The third kappa shape index (κ3) is 3.83. The average molecular weight is 316 g/mol. The van der Waals surface area contributed by atoms with E-state index in [1.807, 2.05) is 30.5 Å². The number of hydrogen-bond donors (Lipinski definition) is 0. The third-order valence-electron chi connectivity index (χ3n) is 4.13. The minimum atomic E-state index is -1.71. The summed E-state index contributed by atoms with van der Waals surface area (Å²) in [6.45, 7) is 8.67. The van der Waals surface area contributed by atoms with Gasteiger partial charge in [-0.2, -0.15) is 0 Å². The smallest absolute Gasteiger partial charge is 0.112 e. The fourth-order valence-electron chi connectivity index (χ4n) is 2.85. The summed E-state index contributed by atoms with van der Waals surface area (Å²) in [4.78, 5) is 4.63. The molecule has 0 aliphatic carbocycles. The number of nitrogens with zero attached hydrogens (tertiary/aromatic N) is 1. The highest BCUT2D eigenvalue weighted by atomic mass is 35.5. The molecular formula is C18H22ClNSi. The van der Waals surface area contributed by atoms with E-state index in [1.165, 1.54) is 10.9 Å². The van der Waals surface area contributed by atoms with Crippen LogP contribution in [0.3, 0.4) is 0 Å². The van der Waals surface area contributed by atoms with Crippen molar-refractivity contribution < 1.29 is 0 Å². The van der Waals surface area contributed by atoms with Gasteiger partial charge in [0.15, 0.2) is 0 Å². The first-order valence-corrected chi connectivity index (χ1v) is 10.8. The molecule has 3 heteroatoms. The molecular weight excluding hydrogens is 294 g/mol. The Morgan fingerprint density at radius 3 is 2.48 bits per heavy atom. The van der Waals surface area contributed by atoms with Crippen molar-refractivity contribution >= 4 is 25.0 Å². The molecule has 0 aliphatic heterocycles. The Morgan fingerprint density at radius 1 is 1.19 bits per heavy atom. The fraction of sp³-hybridized carbons (Fsp3) is 0.278. The lowest BCUT2D eigenvalue weighted by Gasteiger charge is -2.32. The van der Waals surface area contributed by atoms with E-state index >= 15 is 0 Å². The van der Waals surface area contributed by atoms with E-state index in [0.29, 0.717) is 5.54 Å². The van der Waals surface area contributed by atoms with Crippen LogP contribution in [0.1, 0.15) is 23.9 Å². The lowest BCUT2D eigenvalue weighted by Crippen LogP contribution is -2.49. The minimum Gasteiger partial charge on any atom is -0.266 e. The molecule has 1 unspecified atom stereocenters. The van der Waals surface area contributed by atoms with Crippen LogP contribution in [-0.4, -0.2) is 13.1 Å². The zero-order chi connectivity index (χ0) is 15.3. The highest BCUT2D eigenvalue weighted by Crippen LogP contribution is 2.31. The van der Waals surface area contributed by atoms with Gasteiger partial charge in [0.2, 0.25) is 0 Å². The van der Waals surface area contributed by atoms with Crippen LogP contribution in [0.25, 0.3) is 0 Å². The van der Waals surface area contributed by atoms with Gasteiger partial charge >= 0.3 is 0 Å². The molecule has 1 nitrogen and oxygen atoms in total. The maximum Gasteiger partial charge on any atom is 0.112 e. The van der Waals surface area contributed by atoms with Crippen molar-refractivity contribution in [1.29, 1.82) is 0 Å². The van der Waals surface area contributed by atoms with Crippen LogP contribution in [0.15, 0.2) is 61.3 Å². The van der Waals surface area contributed by atoms with E-state index < -0.39 is 8.07 Å². The van der Waals surface area contributed by atoms with E-state index in [0.717, 1.165) is 17.9 Å². The van der Waals surface area contributed by atoms with Crippen molar-refractivity contribution in [2.24, 2.45) is 0 Å². The first-order valence-electron chi connectivity index (χ1n) is 7.33. The SMILES string of the molecule is C=CCCC(c1ccc(Cl)cc1)[Si](C)(C)c1ccccn1. The molecule has 0 N–H and O–H groups in total. The predicted octanol–water partition coefficient (Wildman–Crippen LogP) is 4.94. The molecule has 2 rings (SSSR count). The molecule has 1 heterocycles. The fourth-order valence-corrected chi connectivity index (χ4v) is 6.18. The van der Waals surface area contributed by atoms with Gasteiger partial charge in [0.1, 0.15) is 8.07 Å². The molecule has 1 aromatic carbocycles.